The molecule has 0 atom stereocenters. The molecule has 0 amide bonds. The predicted molar refractivity (Wildman–Crippen MR) is 469 cm³/mol. The van der Waals surface area contributed by atoms with E-state index in [9.17, 15) is 0 Å². The van der Waals surface area contributed by atoms with Gasteiger partial charge >= 0.3 is 0 Å². The molecule has 1 aliphatic carbocycles. The maximum absolute atomic E-state index is 6.90. The summed E-state index contributed by atoms with van der Waals surface area (Å²) < 4.78 is 18.2. The van der Waals surface area contributed by atoms with Crippen molar-refractivity contribution in [1.29, 1.82) is 0 Å². The topological polar surface area (TPSA) is 42.6 Å². The summed E-state index contributed by atoms with van der Waals surface area (Å²) in [6.07, 6.45) is 0. The van der Waals surface area contributed by atoms with Gasteiger partial charge in [0.1, 0.15) is 22.3 Å². The van der Waals surface area contributed by atoms with Crippen LogP contribution in [0.2, 0.25) is 0 Å². The molecule has 0 saturated heterocycles. The first-order chi connectivity index (χ1) is 55.4. The number of rotatable bonds is 12. The van der Waals surface area contributed by atoms with Crippen LogP contribution in [0.15, 0.2) is 404 Å². The van der Waals surface area contributed by atoms with E-state index in [0.717, 1.165) is 145 Å². The third-order valence-electron chi connectivity index (χ3n) is 23.4. The number of fused-ring (bicyclic) bond motifs is 17. The highest BCUT2D eigenvalue weighted by Crippen LogP contribution is 2.51. The van der Waals surface area contributed by atoms with Crippen molar-refractivity contribution in [2.75, 3.05) is 9.80 Å². The number of hydrogen-bond acceptors (Lipinski definition) is 4. The lowest BCUT2D eigenvalue weighted by atomic mass is 9.95. The van der Waals surface area contributed by atoms with Gasteiger partial charge in [0, 0.05) is 100 Å². The van der Waals surface area contributed by atoms with Crippen LogP contribution in [-0.2, 0) is 0 Å². The molecule has 522 valence electrons. The highest BCUT2D eigenvalue weighted by atomic mass is 16.3. The Hall–Kier alpha value is -15.0. The van der Waals surface area contributed by atoms with Crippen LogP contribution < -0.4 is 9.80 Å². The van der Waals surface area contributed by atoms with Gasteiger partial charge in [0.15, 0.2) is 0 Å². The van der Waals surface area contributed by atoms with Crippen molar-refractivity contribution < 1.29 is 8.83 Å². The molecule has 1 aliphatic rings. The minimum Gasteiger partial charge on any atom is -0.456 e. The second-order valence-electron chi connectivity index (χ2n) is 29.6. The fourth-order valence-corrected chi connectivity index (χ4v) is 18.1. The number of nitrogens with zero attached hydrogens (tertiary/aromatic N) is 4. The molecule has 4 aromatic heterocycles. The molecule has 0 saturated carbocycles. The van der Waals surface area contributed by atoms with Gasteiger partial charge < -0.3 is 27.8 Å². The minimum absolute atomic E-state index is 0.796. The molecule has 112 heavy (non-hydrogen) atoms. The van der Waals surface area contributed by atoms with Gasteiger partial charge in [0.2, 0.25) is 0 Å². The Kier molecular flexibility index (Phi) is 14.1. The van der Waals surface area contributed by atoms with E-state index in [1.54, 1.807) is 0 Å². The number of furan rings is 2. The van der Waals surface area contributed by atoms with Gasteiger partial charge in [-0.2, -0.15) is 0 Å². The maximum Gasteiger partial charge on any atom is 0.137 e. The van der Waals surface area contributed by atoms with Crippen LogP contribution in [0.3, 0.4) is 0 Å². The molecule has 0 radical (unpaired) electrons. The van der Waals surface area contributed by atoms with E-state index in [-0.39, 0.29) is 0 Å². The maximum atomic E-state index is 6.90. The summed E-state index contributed by atoms with van der Waals surface area (Å²) in [4.78, 5) is 4.75. The second-order valence-corrected chi connectivity index (χ2v) is 29.6. The van der Waals surface area contributed by atoms with Gasteiger partial charge in [0.05, 0.1) is 27.8 Å². The Morgan fingerprint density at radius 1 is 0.205 bits per heavy atom. The van der Waals surface area contributed by atoms with Crippen molar-refractivity contribution in [3.63, 3.8) is 0 Å². The molecule has 18 aromatic carbocycles. The Labute approximate surface area is 645 Å². The van der Waals surface area contributed by atoms with Gasteiger partial charge in [-0.1, -0.05) is 225 Å². The van der Waals surface area contributed by atoms with E-state index in [2.05, 4.69) is 395 Å². The monoisotopic (exact) mass is 1430 g/mol. The molecule has 23 rings (SSSR count). The van der Waals surface area contributed by atoms with Crippen molar-refractivity contribution in [3.8, 4) is 67.0 Å². The van der Waals surface area contributed by atoms with Crippen LogP contribution in [0.1, 0.15) is 11.1 Å². The van der Waals surface area contributed by atoms with Crippen molar-refractivity contribution >= 4 is 149 Å². The van der Waals surface area contributed by atoms with Gasteiger partial charge in [-0.05, 0) is 246 Å². The molecule has 4 heterocycles. The van der Waals surface area contributed by atoms with Crippen molar-refractivity contribution in [3.05, 3.63) is 406 Å². The first-order valence-electron chi connectivity index (χ1n) is 38.3. The highest BCUT2D eigenvalue weighted by Gasteiger charge is 2.28. The zero-order valence-electron chi connectivity index (χ0n) is 60.8. The predicted octanol–water partition coefficient (Wildman–Crippen LogP) is 29.6. The highest BCUT2D eigenvalue weighted by molar-refractivity contribution is 6.15. The summed E-state index contributed by atoms with van der Waals surface area (Å²) in [6, 6.07) is 141. The van der Waals surface area contributed by atoms with Crippen LogP contribution in [0, 0.1) is 0 Å². The van der Waals surface area contributed by atoms with Crippen LogP contribution in [-0.4, -0.2) is 9.13 Å². The van der Waals surface area contributed by atoms with E-state index >= 15 is 0 Å². The molecule has 0 fully saturated rings. The largest absolute Gasteiger partial charge is 0.456 e. The average Bonchev–Trinajstić information content (AvgIpc) is 1.43. The summed E-state index contributed by atoms with van der Waals surface area (Å²) in [7, 11) is 0. The fourth-order valence-electron chi connectivity index (χ4n) is 18.1. The van der Waals surface area contributed by atoms with Crippen molar-refractivity contribution in [2.24, 2.45) is 0 Å². The molecular formula is C106H66N4O2. The first-order valence-corrected chi connectivity index (χ1v) is 38.3. The number of aromatic nitrogens is 2. The van der Waals surface area contributed by atoms with E-state index in [1.807, 2.05) is 12.1 Å². The molecule has 0 N–H and O–H groups in total. The molecule has 0 unspecified atom stereocenters. The van der Waals surface area contributed by atoms with E-state index in [4.69, 9.17) is 15.4 Å². The molecule has 22 aromatic rings. The van der Waals surface area contributed by atoms with E-state index in [0.29, 0.717) is 0 Å². The van der Waals surface area contributed by atoms with Crippen molar-refractivity contribution in [1.82, 2.24) is 9.13 Å². The van der Waals surface area contributed by atoms with E-state index in [1.165, 1.54) is 82.0 Å². The Bertz CT molecular complexity index is 7660. The van der Waals surface area contributed by atoms with E-state index < -0.39 is 0 Å². The Morgan fingerprint density at radius 3 is 1.34 bits per heavy atom. The van der Waals surface area contributed by atoms with Crippen LogP contribution >= 0.6 is 0 Å². The molecule has 6 nitrogen and oxygen atoms in total. The van der Waals surface area contributed by atoms with Gasteiger partial charge in [-0.15, -0.1) is 0 Å². The van der Waals surface area contributed by atoms with Crippen molar-refractivity contribution in [2.45, 2.75) is 0 Å². The van der Waals surface area contributed by atoms with Gasteiger partial charge in [-0.25, -0.2) is 0 Å². The van der Waals surface area contributed by atoms with Crippen LogP contribution in [0.4, 0.5) is 34.1 Å². The first kappa shape index (κ1) is 63.1. The van der Waals surface area contributed by atoms with Gasteiger partial charge in [-0.3, -0.25) is 0 Å². The lowest BCUT2D eigenvalue weighted by Crippen LogP contribution is -2.10. The normalized spacial score (nSPS) is 12.1. The summed E-state index contributed by atoms with van der Waals surface area (Å²) in [6.45, 7) is 4.84. The quantitative estimate of drug-likeness (QED) is 0.122. The summed E-state index contributed by atoms with van der Waals surface area (Å²) >= 11 is 0. The standard InChI is InChI=1S/C106H66N4O2/c1-66-93-59-72(73-39-53-101-95(60-73)88-29-12-15-32-98(88)109(101)76-23-4-2-5-24-76)38-48-85(93)86-49-45-80(63-94(66)86)107(81-46-50-91-90-31-14-17-34-103(90)111-105(91)64-81)82-47-51-92-97-61-74(41-56-104(97)112-106(92)65-82)70-22-18-21-69(57-70)68-35-42-78(43-36-68)108(79-44-37-67-19-8-9-20-71(67)58-79)100-55-52-83(84-27-10-11-28-87(84)100)75-40-54-102-96(62-75)89-30-13-16-33-99(89)110(102)77-25-6-3-7-26-77/h2-65H,1H2. The summed E-state index contributed by atoms with van der Waals surface area (Å²) in [5.41, 5.74) is 31.2. The third-order valence-corrected chi connectivity index (χ3v) is 23.4. The molecule has 0 aliphatic heterocycles. The number of para-hydroxylation sites is 5. The van der Waals surface area contributed by atoms with Gasteiger partial charge in [0.25, 0.3) is 0 Å². The third kappa shape index (κ3) is 10.1. The lowest BCUT2D eigenvalue weighted by molar-refractivity contribution is 0.669. The number of hydrogen-bond donors (Lipinski definition) is 0. The number of anilines is 6. The summed E-state index contributed by atoms with van der Waals surface area (Å²) in [5, 5.41) is 13.9. The fraction of sp³-hybridized carbons (Fsp3) is 0. The Morgan fingerprint density at radius 2 is 0.643 bits per heavy atom. The molecule has 6 heteroatoms. The zero-order valence-corrected chi connectivity index (χ0v) is 60.8. The van der Waals surface area contributed by atoms with Crippen LogP contribution in [0.5, 0.6) is 0 Å². The summed E-state index contributed by atoms with van der Waals surface area (Å²) in [5.74, 6) is 0. The second kappa shape index (κ2) is 25.1. The molecular weight excluding hydrogens is 1360 g/mol. The molecule has 0 bridgehead atoms. The zero-order chi connectivity index (χ0) is 73.6. The Balaban J connectivity index is 0.570. The average molecular weight is 1430 g/mol. The lowest BCUT2D eigenvalue weighted by Gasteiger charge is -2.28. The SMILES string of the molecule is C=C1c2cc(-c3ccc4c(c3)c3ccccc3n4-c3ccccc3)ccc2-c2ccc(N(c3ccc4c(c3)oc3ccccc34)c3ccc4c(c3)oc3ccc(-c5cccc(-c6ccc(N(c7ccc8ccccc8c7)c7ccc(-c8ccc9c(c8)c8ccccc8n9-c8ccccc8)c8ccccc78)cc6)c5)cc34)cc21. The smallest absolute Gasteiger partial charge is 0.137 e. The number of benzene rings is 18. The minimum atomic E-state index is 0.796. The molecule has 0 spiro atoms. The van der Waals surface area contributed by atoms with Crippen LogP contribution in [0.25, 0.3) is 182 Å².